The van der Waals surface area contributed by atoms with E-state index >= 15 is 0 Å². The summed E-state index contributed by atoms with van der Waals surface area (Å²) in [6.07, 6.45) is 8.28. The molecule has 200 valence electrons. The van der Waals surface area contributed by atoms with Crippen molar-refractivity contribution >= 4 is 24.0 Å². The molecule has 2 saturated heterocycles. The molecule has 2 heterocycles. The molecule has 0 spiro atoms. The Balaban J connectivity index is 1.19. The Morgan fingerprint density at radius 3 is 1.46 bits per heavy atom. The standard InChI is InChI=1S/C32H34N4O3/c37-28-11-12-29(31(38)35-21-17-33(18-22-35)15-13-26-7-3-1-4-8-26)30(25-28)32(39)36-23-19-34(20-24-36)16-14-27-9-5-2-6-10-27/h1-16,25,37H,17-24H2. The molecule has 2 aliphatic heterocycles. The quantitative estimate of drug-likeness (QED) is 0.524. The minimum absolute atomic E-state index is 0.0183. The number of nitrogens with zero attached hydrogens (tertiary/aromatic N) is 4. The third kappa shape index (κ3) is 6.68. The molecule has 5 rings (SSSR count). The maximum absolute atomic E-state index is 13.5. The van der Waals surface area contributed by atoms with Crippen LogP contribution in [0.25, 0.3) is 12.2 Å². The van der Waals surface area contributed by atoms with E-state index in [1.165, 1.54) is 12.1 Å². The zero-order valence-electron chi connectivity index (χ0n) is 22.0. The Labute approximate surface area is 229 Å². The van der Waals surface area contributed by atoms with Gasteiger partial charge in [0.25, 0.3) is 11.8 Å². The van der Waals surface area contributed by atoms with E-state index in [1.807, 2.05) is 36.4 Å². The molecule has 0 saturated carbocycles. The first-order valence-electron chi connectivity index (χ1n) is 13.4. The molecule has 2 aliphatic rings. The van der Waals surface area contributed by atoms with Crippen LogP contribution in [0.15, 0.2) is 91.3 Å². The fourth-order valence-electron chi connectivity index (χ4n) is 4.90. The highest BCUT2D eigenvalue weighted by atomic mass is 16.3. The fourth-order valence-corrected chi connectivity index (χ4v) is 4.90. The van der Waals surface area contributed by atoms with Crippen molar-refractivity contribution in [3.63, 3.8) is 0 Å². The Bertz CT molecular complexity index is 1320. The highest BCUT2D eigenvalue weighted by Crippen LogP contribution is 2.22. The second-order valence-electron chi connectivity index (χ2n) is 9.84. The van der Waals surface area contributed by atoms with Gasteiger partial charge in [-0.25, -0.2) is 0 Å². The molecule has 2 fully saturated rings. The molecule has 39 heavy (non-hydrogen) atoms. The number of aromatic hydroxyl groups is 1. The Morgan fingerprint density at radius 1 is 0.564 bits per heavy atom. The lowest BCUT2D eigenvalue weighted by molar-refractivity contribution is 0.0640. The van der Waals surface area contributed by atoms with Crippen molar-refractivity contribution in [1.82, 2.24) is 19.6 Å². The normalized spacial score (nSPS) is 16.3. The summed E-state index contributed by atoms with van der Waals surface area (Å²) in [6.45, 7) is 5.08. The van der Waals surface area contributed by atoms with Crippen LogP contribution in [0.4, 0.5) is 0 Å². The molecule has 7 heteroatoms. The summed E-state index contributed by atoms with van der Waals surface area (Å²) < 4.78 is 0. The van der Waals surface area contributed by atoms with Crippen LogP contribution >= 0.6 is 0 Å². The first kappa shape index (κ1) is 26.1. The van der Waals surface area contributed by atoms with E-state index in [0.717, 1.165) is 24.2 Å². The summed E-state index contributed by atoms with van der Waals surface area (Å²) >= 11 is 0. The molecule has 3 aromatic rings. The van der Waals surface area contributed by atoms with Gasteiger partial charge >= 0.3 is 0 Å². The van der Waals surface area contributed by atoms with Crippen molar-refractivity contribution in [3.05, 3.63) is 114 Å². The molecule has 7 nitrogen and oxygen atoms in total. The monoisotopic (exact) mass is 522 g/mol. The fraction of sp³-hybridized carbons (Fsp3) is 0.250. The maximum Gasteiger partial charge on any atom is 0.254 e. The van der Waals surface area contributed by atoms with E-state index in [9.17, 15) is 14.7 Å². The van der Waals surface area contributed by atoms with Crippen molar-refractivity contribution in [2.45, 2.75) is 0 Å². The van der Waals surface area contributed by atoms with Gasteiger partial charge in [-0.1, -0.05) is 60.7 Å². The smallest absolute Gasteiger partial charge is 0.254 e. The minimum Gasteiger partial charge on any atom is -0.508 e. The van der Waals surface area contributed by atoms with Gasteiger partial charge in [0.05, 0.1) is 11.1 Å². The number of carbonyl (C=O) groups is 2. The highest BCUT2D eigenvalue weighted by molar-refractivity contribution is 6.07. The van der Waals surface area contributed by atoms with Crippen molar-refractivity contribution < 1.29 is 14.7 Å². The highest BCUT2D eigenvalue weighted by Gasteiger charge is 2.28. The first-order chi connectivity index (χ1) is 19.1. The number of benzene rings is 3. The number of hydrogen-bond donors (Lipinski definition) is 1. The van der Waals surface area contributed by atoms with Gasteiger partial charge in [0.1, 0.15) is 5.75 Å². The molecule has 3 aromatic carbocycles. The van der Waals surface area contributed by atoms with Crippen LogP contribution in [0.1, 0.15) is 31.8 Å². The van der Waals surface area contributed by atoms with Gasteiger partial charge in [-0.2, -0.15) is 0 Å². The van der Waals surface area contributed by atoms with Gasteiger partial charge in [-0.15, -0.1) is 0 Å². The van der Waals surface area contributed by atoms with Crippen LogP contribution < -0.4 is 0 Å². The number of amides is 2. The van der Waals surface area contributed by atoms with E-state index in [1.54, 1.807) is 15.9 Å². The van der Waals surface area contributed by atoms with Crippen molar-refractivity contribution in [2.75, 3.05) is 52.4 Å². The number of piperazine rings is 2. The van der Waals surface area contributed by atoms with Crippen molar-refractivity contribution in [2.24, 2.45) is 0 Å². The lowest BCUT2D eigenvalue weighted by Crippen LogP contribution is -2.48. The average Bonchev–Trinajstić information content (AvgIpc) is 3.00. The van der Waals surface area contributed by atoms with E-state index in [2.05, 4.69) is 58.6 Å². The second-order valence-corrected chi connectivity index (χ2v) is 9.84. The van der Waals surface area contributed by atoms with Gasteiger partial charge in [0.2, 0.25) is 0 Å². The van der Waals surface area contributed by atoms with Crippen LogP contribution in [-0.2, 0) is 0 Å². The molecular weight excluding hydrogens is 488 g/mol. The average molecular weight is 523 g/mol. The lowest BCUT2D eigenvalue weighted by atomic mass is 10.0. The third-order valence-electron chi connectivity index (χ3n) is 7.22. The number of phenolic OH excluding ortho intramolecular Hbond substituents is 1. The molecule has 2 amide bonds. The summed E-state index contributed by atoms with van der Waals surface area (Å²) in [5.41, 5.74) is 2.88. The molecule has 0 aromatic heterocycles. The van der Waals surface area contributed by atoms with Gasteiger partial charge in [0.15, 0.2) is 0 Å². The zero-order valence-corrected chi connectivity index (χ0v) is 22.0. The molecule has 0 aliphatic carbocycles. The number of hydrogen-bond acceptors (Lipinski definition) is 5. The van der Waals surface area contributed by atoms with Gasteiger partial charge in [-0.3, -0.25) is 9.59 Å². The van der Waals surface area contributed by atoms with E-state index in [0.29, 0.717) is 44.8 Å². The number of carbonyl (C=O) groups excluding carboxylic acids is 2. The van der Waals surface area contributed by atoms with Crippen LogP contribution in [0, 0.1) is 0 Å². The lowest BCUT2D eigenvalue weighted by Gasteiger charge is -2.36. The number of rotatable bonds is 6. The summed E-state index contributed by atoms with van der Waals surface area (Å²) in [5.74, 6) is -0.407. The van der Waals surface area contributed by atoms with Crippen molar-refractivity contribution in [3.8, 4) is 5.75 Å². The third-order valence-corrected chi connectivity index (χ3v) is 7.22. The van der Waals surface area contributed by atoms with Crippen molar-refractivity contribution in [1.29, 1.82) is 0 Å². The van der Waals surface area contributed by atoms with E-state index in [4.69, 9.17) is 0 Å². The summed E-state index contributed by atoms with van der Waals surface area (Å²) in [4.78, 5) is 35.0. The summed E-state index contributed by atoms with van der Waals surface area (Å²) in [5, 5.41) is 10.2. The maximum atomic E-state index is 13.5. The molecule has 0 unspecified atom stereocenters. The first-order valence-corrected chi connectivity index (χ1v) is 13.4. The minimum atomic E-state index is -0.217. The van der Waals surface area contributed by atoms with Crippen LogP contribution in [0.5, 0.6) is 5.75 Å². The number of phenols is 1. The Kier molecular flexibility index (Phi) is 8.26. The summed E-state index contributed by atoms with van der Waals surface area (Å²) in [7, 11) is 0. The molecule has 1 N–H and O–H groups in total. The SMILES string of the molecule is O=C(c1ccc(O)cc1C(=O)N1CCN(C=Cc2ccccc2)CC1)N1CCN(C=Cc2ccccc2)CC1. The predicted molar refractivity (Wildman–Crippen MR) is 154 cm³/mol. The second kappa shape index (κ2) is 12.3. The zero-order chi connectivity index (χ0) is 27.0. The Hall–Kier alpha value is -4.52. The molecule has 0 atom stereocenters. The van der Waals surface area contributed by atoms with Gasteiger partial charge in [0, 0.05) is 52.4 Å². The van der Waals surface area contributed by atoms with Crippen LogP contribution in [0.2, 0.25) is 0 Å². The summed E-state index contributed by atoms with van der Waals surface area (Å²) in [6, 6.07) is 24.7. The molecule has 0 radical (unpaired) electrons. The van der Waals surface area contributed by atoms with Gasteiger partial charge < -0.3 is 24.7 Å². The van der Waals surface area contributed by atoms with Crippen LogP contribution in [-0.4, -0.2) is 88.9 Å². The van der Waals surface area contributed by atoms with Gasteiger partial charge in [-0.05, 0) is 53.9 Å². The Morgan fingerprint density at radius 2 is 1.00 bits per heavy atom. The molecular formula is C32H34N4O3. The topological polar surface area (TPSA) is 67.3 Å². The van der Waals surface area contributed by atoms with E-state index in [-0.39, 0.29) is 23.1 Å². The largest absolute Gasteiger partial charge is 0.508 e. The molecule has 0 bridgehead atoms. The predicted octanol–water partition coefficient (Wildman–Crippen LogP) is 4.25. The van der Waals surface area contributed by atoms with Crippen LogP contribution in [0.3, 0.4) is 0 Å². The van der Waals surface area contributed by atoms with E-state index < -0.39 is 0 Å².